The number of hydrogen-bond acceptors (Lipinski definition) is 7. The summed E-state index contributed by atoms with van der Waals surface area (Å²) in [4.78, 5) is 31.2. The molecule has 3 heterocycles. The van der Waals surface area contributed by atoms with Crippen molar-refractivity contribution in [1.82, 2.24) is 35.0 Å². The number of aromatic nitrogens is 5. The molecule has 0 saturated heterocycles. The zero-order valence-corrected chi connectivity index (χ0v) is 28.4. The molecule has 11 nitrogen and oxygen atoms in total. The molecule has 0 spiro atoms. The number of sulfonamides is 1. The molecule has 1 saturated carbocycles. The van der Waals surface area contributed by atoms with Crippen LogP contribution in [-0.4, -0.2) is 50.4 Å². The molecule has 0 unspecified atom stereocenters. The maximum absolute atomic E-state index is 15.2. The monoisotopic (exact) mass is 763 g/mol. The summed E-state index contributed by atoms with van der Waals surface area (Å²) in [5, 5.41) is 11.9. The van der Waals surface area contributed by atoms with E-state index in [4.69, 9.17) is 0 Å². The van der Waals surface area contributed by atoms with E-state index in [1.807, 2.05) is 4.72 Å². The Morgan fingerprint density at radius 2 is 1.75 bits per heavy atom. The maximum atomic E-state index is 15.2. The lowest BCUT2D eigenvalue weighted by atomic mass is 9.94. The standard InChI is InChI=1S/C34H28F7N7O4S/c1-14(2)53(51,52)47-33(50)21-8-16(3-4-23(21)37)19-11-24-26(12-42-45-24)44-29(19)25(7-15-5-17(35)9-18(36)6-15)43-27(49)13-48-31-28(30(46-48)32(38)39)20-10-22(20)34(31,40)41/h3-6,8-9,11-12,14,20,22,25,32H,7,10,13H2,1-2H3,(H,42,45)(H,43,49)(H,47,50)/t20-,22+,25-/m0/s1. The number of fused-ring (bicyclic) bond motifs is 4. The molecule has 5 aromatic rings. The van der Waals surface area contributed by atoms with Crippen LogP contribution >= 0.6 is 0 Å². The highest BCUT2D eigenvalue weighted by Crippen LogP contribution is 2.68. The number of pyridine rings is 1. The summed E-state index contributed by atoms with van der Waals surface area (Å²) in [6.45, 7) is 1.68. The molecular formula is C34H28F7N7O4S. The van der Waals surface area contributed by atoms with Crippen LogP contribution in [0.5, 0.6) is 0 Å². The number of carbonyl (C=O) groups is 2. The third-order valence-electron chi connectivity index (χ3n) is 9.32. The van der Waals surface area contributed by atoms with Crippen LogP contribution in [-0.2, 0) is 33.7 Å². The van der Waals surface area contributed by atoms with E-state index in [1.54, 1.807) is 0 Å². The zero-order valence-electron chi connectivity index (χ0n) is 27.6. The van der Waals surface area contributed by atoms with Gasteiger partial charge in [0.2, 0.25) is 15.9 Å². The van der Waals surface area contributed by atoms with Crippen molar-refractivity contribution in [3.8, 4) is 11.1 Å². The molecular weight excluding hydrogens is 735 g/mol. The van der Waals surface area contributed by atoms with Gasteiger partial charge in [0.1, 0.15) is 40.9 Å². The predicted molar refractivity (Wildman–Crippen MR) is 174 cm³/mol. The fraction of sp³-hybridized carbons (Fsp3) is 0.324. The Morgan fingerprint density at radius 3 is 2.43 bits per heavy atom. The summed E-state index contributed by atoms with van der Waals surface area (Å²) in [5.74, 6) is -10.8. The van der Waals surface area contributed by atoms with E-state index < -0.39 is 98.3 Å². The highest BCUT2D eigenvalue weighted by molar-refractivity contribution is 7.90. The van der Waals surface area contributed by atoms with Crippen LogP contribution in [0.1, 0.15) is 77.2 Å². The Kier molecular flexibility index (Phi) is 8.81. The molecule has 3 atom stereocenters. The largest absolute Gasteiger partial charge is 0.346 e. The van der Waals surface area contributed by atoms with E-state index >= 15 is 13.2 Å². The second-order valence-corrected chi connectivity index (χ2v) is 15.5. The average molecular weight is 764 g/mol. The van der Waals surface area contributed by atoms with Crippen molar-refractivity contribution in [2.24, 2.45) is 5.92 Å². The lowest BCUT2D eigenvalue weighted by Crippen LogP contribution is -2.36. The highest BCUT2D eigenvalue weighted by atomic mass is 32.2. The van der Waals surface area contributed by atoms with Crippen molar-refractivity contribution in [3.05, 3.63) is 99.9 Å². The molecule has 7 rings (SSSR count). The first kappa shape index (κ1) is 36.0. The fourth-order valence-electron chi connectivity index (χ4n) is 6.69. The summed E-state index contributed by atoms with van der Waals surface area (Å²) in [6, 6.07) is 5.88. The van der Waals surface area contributed by atoms with Crippen LogP contribution in [0.4, 0.5) is 30.7 Å². The van der Waals surface area contributed by atoms with Gasteiger partial charge in [-0.15, -0.1) is 0 Å². The van der Waals surface area contributed by atoms with E-state index in [-0.39, 0.29) is 46.3 Å². The average Bonchev–Trinajstić information content (AvgIpc) is 3.48. The quantitative estimate of drug-likeness (QED) is 0.141. The summed E-state index contributed by atoms with van der Waals surface area (Å²) in [7, 11) is -4.18. The summed E-state index contributed by atoms with van der Waals surface area (Å²) in [5.41, 5.74) is -1.86. The first-order valence-electron chi connectivity index (χ1n) is 16.2. The number of amides is 2. The molecule has 3 N–H and O–H groups in total. The zero-order chi connectivity index (χ0) is 38.1. The smallest absolute Gasteiger partial charge is 0.293 e. The van der Waals surface area contributed by atoms with Gasteiger partial charge in [-0.3, -0.25) is 19.4 Å². The number of hydrogen-bond donors (Lipinski definition) is 3. The first-order valence-corrected chi connectivity index (χ1v) is 17.7. The Hall–Kier alpha value is -5.33. The van der Waals surface area contributed by atoms with Crippen LogP contribution in [0, 0.1) is 23.4 Å². The molecule has 0 aliphatic heterocycles. The number of H-pyrrole nitrogens is 1. The van der Waals surface area contributed by atoms with Gasteiger partial charge in [-0.2, -0.15) is 19.0 Å². The molecule has 1 fully saturated rings. The summed E-state index contributed by atoms with van der Waals surface area (Å²) in [6.07, 6.45) is -2.23. The number of benzene rings is 2. The van der Waals surface area contributed by atoms with Gasteiger partial charge < -0.3 is 5.32 Å². The van der Waals surface area contributed by atoms with Crippen LogP contribution in [0.25, 0.3) is 22.2 Å². The van der Waals surface area contributed by atoms with Crippen molar-refractivity contribution < 1.29 is 48.7 Å². The predicted octanol–water partition coefficient (Wildman–Crippen LogP) is 5.95. The molecule has 2 aromatic carbocycles. The third-order valence-corrected chi connectivity index (χ3v) is 11.0. The molecule has 0 bridgehead atoms. The van der Waals surface area contributed by atoms with Gasteiger partial charge in [0, 0.05) is 23.1 Å². The van der Waals surface area contributed by atoms with E-state index in [0.717, 1.165) is 24.3 Å². The lowest BCUT2D eigenvalue weighted by molar-refractivity contribution is -0.123. The Balaban J connectivity index is 1.31. The minimum absolute atomic E-state index is 0.00904. The minimum atomic E-state index is -4.18. The van der Waals surface area contributed by atoms with Crippen LogP contribution < -0.4 is 10.0 Å². The molecule has 3 aromatic heterocycles. The molecule has 19 heteroatoms. The SMILES string of the molecule is CC(C)S(=O)(=O)NC(=O)c1cc(-c2cc3[nH]ncc3nc2[C@H](Cc2cc(F)cc(F)c2)NC(=O)Cn2nc(C(F)F)c3c2C(F)(F)[C@@H]2C[C@H]32)ccc1F. The molecule has 2 aliphatic rings. The van der Waals surface area contributed by atoms with Crippen LogP contribution in [0.15, 0.2) is 48.7 Å². The third kappa shape index (κ3) is 6.61. The number of halogens is 7. The topological polar surface area (TPSA) is 152 Å². The van der Waals surface area contributed by atoms with Crippen molar-refractivity contribution in [1.29, 1.82) is 0 Å². The van der Waals surface area contributed by atoms with Crippen molar-refractivity contribution in [2.45, 2.75) is 62.8 Å². The van der Waals surface area contributed by atoms with Gasteiger partial charge >= 0.3 is 0 Å². The number of alkyl halides is 4. The van der Waals surface area contributed by atoms with Crippen molar-refractivity contribution in [2.75, 3.05) is 0 Å². The van der Waals surface area contributed by atoms with Gasteiger partial charge in [-0.25, -0.2) is 40.1 Å². The number of nitrogens with one attached hydrogen (secondary N) is 3. The number of aromatic amines is 1. The molecule has 53 heavy (non-hydrogen) atoms. The highest BCUT2D eigenvalue weighted by Gasteiger charge is 2.67. The van der Waals surface area contributed by atoms with Crippen LogP contribution in [0.2, 0.25) is 0 Å². The fourth-order valence-corrected chi connectivity index (χ4v) is 7.30. The summed E-state index contributed by atoms with van der Waals surface area (Å²) >= 11 is 0. The number of carbonyl (C=O) groups excluding carboxylic acids is 2. The van der Waals surface area contributed by atoms with E-state index in [1.165, 1.54) is 32.2 Å². The second kappa shape index (κ2) is 13.0. The maximum Gasteiger partial charge on any atom is 0.293 e. The molecule has 2 amide bonds. The number of nitrogens with zero attached hydrogens (tertiary/aromatic N) is 4. The van der Waals surface area contributed by atoms with E-state index in [9.17, 15) is 35.6 Å². The Labute approximate surface area is 296 Å². The van der Waals surface area contributed by atoms with Gasteiger partial charge in [0.25, 0.3) is 18.3 Å². The minimum Gasteiger partial charge on any atom is -0.346 e. The normalized spacial score (nSPS) is 17.9. The Bertz CT molecular complexity index is 2390. The van der Waals surface area contributed by atoms with Crippen molar-refractivity contribution in [3.63, 3.8) is 0 Å². The van der Waals surface area contributed by atoms with Crippen LogP contribution in [0.3, 0.4) is 0 Å². The van der Waals surface area contributed by atoms with Gasteiger partial charge in [0.05, 0.1) is 34.3 Å². The number of rotatable bonds is 11. The lowest BCUT2D eigenvalue weighted by Gasteiger charge is -2.23. The van der Waals surface area contributed by atoms with Gasteiger partial charge in [-0.05, 0) is 74.1 Å². The van der Waals surface area contributed by atoms with E-state index in [2.05, 4.69) is 25.6 Å². The van der Waals surface area contributed by atoms with Gasteiger partial charge in [0.15, 0.2) is 0 Å². The molecule has 278 valence electrons. The first-order chi connectivity index (χ1) is 24.9. The van der Waals surface area contributed by atoms with Gasteiger partial charge in [-0.1, -0.05) is 6.07 Å². The molecule has 2 aliphatic carbocycles. The van der Waals surface area contributed by atoms with Crippen molar-refractivity contribution >= 4 is 32.9 Å². The molecule has 0 radical (unpaired) electrons. The van der Waals surface area contributed by atoms with E-state index in [0.29, 0.717) is 16.3 Å². The Morgan fingerprint density at radius 1 is 1.04 bits per heavy atom. The second-order valence-electron chi connectivity index (χ2n) is 13.2. The summed E-state index contributed by atoms with van der Waals surface area (Å²) < 4.78 is 129.